The van der Waals surface area contributed by atoms with Crippen molar-refractivity contribution in [3.05, 3.63) is 105 Å². The third kappa shape index (κ3) is 6.41. The number of oxime groups is 1. The van der Waals surface area contributed by atoms with Crippen LogP contribution in [0.5, 0.6) is 0 Å². The Morgan fingerprint density at radius 3 is 2.46 bits per heavy atom. The maximum atomic E-state index is 14.8. The number of nitrogens with zero attached hydrogens (tertiary/aromatic N) is 3. The Labute approximate surface area is 280 Å². The highest BCUT2D eigenvalue weighted by atomic mass is 35.5. The van der Waals surface area contributed by atoms with E-state index in [4.69, 9.17) is 22.2 Å². The number of benzene rings is 3. The molecule has 3 aromatic carbocycles. The van der Waals surface area contributed by atoms with Crippen LogP contribution < -0.4 is 11.1 Å². The molecule has 0 spiro atoms. The summed E-state index contributed by atoms with van der Waals surface area (Å²) in [6.45, 7) is 2.76. The molecule has 3 aliphatic heterocycles. The summed E-state index contributed by atoms with van der Waals surface area (Å²) in [5, 5.41) is 16.0. The van der Waals surface area contributed by atoms with E-state index in [1.54, 1.807) is 17.9 Å². The minimum atomic E-state index is -1.10. The van der Waals surface area contributed by atoms with E-state index < -0.39 is 41.8 Å². The van der Waals surface area contributed by atoms with Gasteiger partial charge in [-0.15, -0.1) is 0 Å². The quantitative estimate of drug-likeness (QED) is 0.336. The molecule has 4 N–H and O–H groups in total. The van der Waals surface area contributed by atoms with Crippen LogP contribution in [0.3, 0.4) is 0 Å². The number of nitrogens with two attached hydrogens (primary N) is 1. The number of hydrogen-bond acceptors (Lipinski definition) is 7. The largest absolute Gasteiger partial charge is 0.478 e. The average molecular weight is 674 g/mol. The van der Waals surface area contributed by atoms with Crippen molar-refractivity contribution in [1.82, 2.24) is 9.80 Å². The Hall–Kier alpha value is -5.07. The van der Waals surface area contributed by atoms with Crippen LogP contribution >= 0.6 is 11.6 Å². The normalized spacial score (nSPS) is 19.4. The standard InChI is InChI=1S/C35H33ClFN5O6/c1-19(38)33(44)41-15-12-20(13-16-41)23-4-2-5-25-24(23)14-17-42(31(25)32(43)39-22-10-8-21(9-11-22)35(46)47)34(45)29-18-28(40-48-29)26-6-3-7-27(36)30(26)37/h2-12,19,29,31H,13-18,38H2,1H3,(H,39,43)(H,46,47)/t19?,29?,31-/m0/s1. The van der Waals surface area contributed by atoms with Gasteiger partial charge in [-0.3, -0.25) is 14.4 Å². The summed E-state index contributed by atoms with van der Waals surface area (Å²) < 4.78 is 14.8. The molecule has 3 amide bonds. The lowest BCUT2D eigenvalue weighted by Crippen LogP contribution is -2.49. The van der Waals surface area contributed by atoms with Crippen LogP contribution in [0.2, 0.25) is 5.02 Å². The number of carboxylic acids is 1. The molecule has 13 heteroatoms. The fraction of sp³-hybridized carbons (Fsp3) is 0.286. The van der Waals surface area contributed by atoms with E-state index in [1.807, 2.05) is 24.3 Å². The first-order valence-corrected chi connectivity index (χ1v) is 15.9. The molecule has 2 unspecified atom stereocenters. The van der Waals surface area contributed by atoms with Gasteiger partial charge in [-0.2, -0.15) is 0 Å². The summed E-state index contributed by atoms with van der Waals surface area (Å²) in [6, 6.07) is 14.2. The zero-order valence-corrected chi connectivity index (χ0v) is 26.7. The Bertz CT molecular complexity index is 1860. The van der Waals surface area contributed by atoms with Gasteiger partial charge in [0.15, 0.2) is 5.82 Å². The summed E-state index contributed by atoms with van der Waals surface area (Å²) in [5.41, 5.74) is 10.1. The maximum absolute atomic E-state index is 14.8. The third-order valence-electron chi connectivity index (χ3n) is 8.82. The summed E-state index contributed by atoms with van der Waals surface area (Å²) in [4.78, 5) is 60.6. The zero-order chi connectivity index (χ0) is 34.1. The van der Waals surface area contributed by atoms with Crippen LogP contribution in [0, 0.1) is 5.82 Å². The predicted octanol–water partition coefficient (Wildman–Crippen LogP) is 4.40. The van der Waals surface area contributed by atoms with Gasteiger partial charge in [0.2, 0.25) is 12.0 Å². The molecule has 0 saturated heterocycles. The van der Waals surface area contributed by atoms with E-state index in [0.717, 1.165) is 16.7 Å². The summed E-state index contributed by atoms with van der Waals surface area (Å²) >= 11 is 5.96. The Kier molecular flexibility index (Phi) is 9.29. The van der Waals surface area contributed by atoms with E-state index in [1.165, 1.54) is 41.3 Å². The Balaban J connectivity index is 1.30. The number of carboxylic acid groups (broad SMARTS) is 1. The molecule has 0 saturated carbocycles. The molecular formula is C35H33ClFN5O6. The fourth-order valence-corrected chi connectivity index (χ4v) is 6.55. The predicted molar refractivity (Wildman–Crippen MR) is 177 cm³/mol. The lowest BCUT2D eigenvalue weighted by molar-refractivity contribution is -0.148. The second-order valence-corrected chi connectivity index (χ2v) is 12.3. The monoisotopic (exact) mass is 673 g/mol. The minimum absolute atomic E-state index is 0.0198. The average Bonchev–Trinajstić information content (AvgIpc) is 3.58. The Morgan fingerprint density at radius 2 is 1.77 bits per heavy atom. The van der Waals surface area contributed by atoms with Crippen molar-refractivity contribution >= 4 is 52.3 Å². The number of carbonyl (C=O) groups is 4. The van der Waals surface area contributed by atoms with Crippen LogP contribution in [0.4, 0.5) is 10.1 Å². The maximum Gasteiger partial charge on any atom is 0.335 e. The van der Waals surface area contributed by atoms with Crippen LogP contribution in [-0.4, -0.2) is 76.1 Å². The molecule has 248 valence electrons. The van der Waals surface area contributed by atoms with Gasteiger partial charge < -0.3 is 30.8 Å². The van der Waals surface area contributed by atoms with Gasteiger partial charge in [-0.25, -0.2) is 9.18 Å². The first-order valence-electron chi connectivity index (χ1n) is 15.5. The number of nitrogens with one attached hydrogen (secondary N) is 1. The molecule has 0 radical (unpaired) electrons. The topological polar surface area (TPSA) is 155 Å². The molecule has 3 atom stereocenters. The molecule has 0 aromatic heterocycles. The molecule has 48 heavy (non-hydrogen) atoms. The number of anilines is 1. The van der Waals surface area contributed by atoms with Gasteiger partial charge in [0.05, 0.1) is 22.3 Å². The minimum Gasteiger partial charge on any atom is -0.478 e. The number of fused-ring (bicyclic) bond motifs is 1. The first-order chi connectivity index (χ1) is 23.0. The molecule has 6 rings (SSSR count). The van der Waals surface area contributed by atoms with Crippen molar-refractivity contribution in [2.75, 3.05) is 25.0 Å². The molecule has 11 nitrogen and oxygen atoms in total. The third-order valence-corrected chi connectivity index (χ3v) is 9.11. The van der Waals surface area contributed by atoms with Crippen molar-refractivity contribution in [2.45, 2.75) is 44.4 Å². The van der Waals surface area contributed by atoms with Gasteiger partial charge in [-0.05, 0) is 78.4 Å². The van der Waals surface area contributed by atoms with Crippen molar-refractivity contribution < 1.29 is 33.5 Å². The van der Waals surface area contributed by atoms with E-state index in [0.29, 0.717) is 37.2 Å². The van der Waals surface area contributed by atoms with Crippen molar-refractivity contribution in [3.8, 4) is 0 Å². The Morgan fingerprint density at radius 1 is 1.04 bits per heavy atom. The second-order valence-electron chi connectivity index (χ2n) is 11.9. The molecule has 0 bridgehead atoms. The van der Waals surface area contributed by atoms with E-state index >= 15 is 0 Å². The summed E-state index contributed by atoms with van der Waals surface area (Å²) in [6.07, 6.45) is 1.92. The molecule has 0 fully saturated rings. The lowest BCUT2D eigenvalue weighted by Gasteiger charge is -2.38. The molecule has 3 heterocycles. The van der Waals surface area contributed by atoms with Crippen molar-refractivity contribution in [2.24, 2.45) is 10.9 Å². The SMILES string of the molecule is CC(N)C(=O)N1CC=C(c2cccc3c2CCN(C(=O)C2CC(c4cccc(Cl)c4F)=NO2)[C@@H]3C(=O)Nc2ccc(C(=O)O)cc2)CC1. The first kappa shape index (κ1) is 32.9. The molecule has 3 aromatic rings. The van der Waals surface area contributed by atoms with Crippen LogP contribution in [0.15, 0.2) is 71.9 Å². The van der Waals surface area contributed by atoms with Crippen molar-refractivity contribution in [1.29, 1.82) is 0 Å². The number of hydrogen-bond donors (Lipinski definition) is 3. The number of amides is 3. The zero-order valence-electron chi connectivity index (χ0n) is 26.0. The highest BCUT2D eigenvalue weighted by molar-refractivity contribution is 6.31. The second kappa shape index (κ2) is 13.6. The number of halogens is 2. The smallest absolute Gasteiger partial charge is 0.335 e. The molecule has 0 aliphatic carbocycles. The number of aromatic carboxylic acids is 1. The summed E-state index contributed by atoms with van der Waals surface area (Å²) in [5.74, 6) is -2.88. The highest BCUT2D eigenvalue weighted by Gasteiger charge is 2.42. The fourth-order valence-electron chi connectivity index (χ4n) is 6.38. The van der Waals surface area contributed by atoms with Crippen LogP contribution in [0.25, 0.3) is 5.57 Å². The molecular weight excluding hydrogens is 641 g/mol. The van der Waals surface area contributed by atoms with E-state index in [9.17, 15) is 28.7 Å². The van der Waals surface area contributed by atoms with E-state index in [2.05, 4.69) is 10.5 Å². The lowest BCUT2D eigenvalue weighted by atomic mass is 9.84. The molecule has 3 aliphatic rings. The summed E-state index contributed by atoms with van der Waals surface area (Å²) in [7, 11) is 0. The number of carbonyl (C=O) groups excluding carboxylic acids is 3. The van der Waals surface area contributed by atoms with Gasteiger partial charge in [0.25, 0.3) is 11.8 Å². The highest BCUT2D eigenvalue weighted by Crippen LogP contribution is 2.38. The van der Waals surface area contributed by atoms with Gasteiger partial charge in [0, 0.05) is 37.3 Å². The van der Waals surface area contributed by atoms with Crippen LogP contribution in [0.1, 0.15) is 58.4 Å². The number of rotatable bonds is 7. The van der Waals surface area contributed by atoms with E-state index in [-0.39, 0.29) is 40.7 Å². The van der Waals surface area contributed by atoms with Gasteiger partial charge >= 0.3 is 5.97 Å². The van der Waals surface area contributed by atoms with Crippen LogP contribution in [-0.2, 0) is 25.6 Å². The van der Waals surface area contributed by atoms with Gasteiger partial charge in [0.1, 0.15) is 6.04 Å². The van der Waals surface area contributed by atoms with Gasteiger partial charge in [-0.1, -0.05) is 47.1 Å². The van der Waals surface area contributed by atoms with Crippen molar-refractivity contribution in [3.63, 3.8) is 0 Å².